The Balaban J connectivity index is 0.00000320. The molecule has 0 saturated carbocycles. The number of rotatable bonds is 4. The molecule has 0 aliphatic carbocycles. The second kappa shape index (κ2) is 9.65. The van der Waals surface area contributed by atoms with E-state index in [0.717, 1.165) is 16.3 Å². The minimum Gasteiger partial charge on any atom is -0.495 e. The van der Waals surface area contributed by atoms with Crippen molar-refractivity contribution in [3.05, 3.63) is 58.2 Å². The summed E-state index contributed by atoms with van der Waals surface area (Å²) >= 11 is 6.20. The van der Waals surface area contributed by atoms with Gasteiger partial charge in [0.25, 0.3) is 0 Å². The largest absolute Gasteiger partial charge is 0.495 e. The lowest BCUT2D eigenvalue weighted by Gasteiger charge is -2.11. The number of aromatic nitrogens is 2. The van der Waals surface area contributed by atoms with Crippen molar-refractivity contribution in [3.63, 3.8) is 0 Å². The number of anilines is 1. The Bertz CT molecular complexity index is 1170. The summed E-state index contributed by atoms with van der Waals surface area (Å²) < 4.78 is 5.18. The first-order valence-corrected chi connectivity index (χ1v) is 9.27. The molecular formula is C22H21Cl2N5O. The van der Waals surface area contributed by atoms with Crippen LogP contribution in [-0.4, -0.2) is 22.8 Å². The van der Waals surface area contributed by atoms with Gasteiger partial charge in [-0.2, -0.15) is 5.26 Å². The number of fused-ring (bicyclic) bond motifs is 1. The first-order chi connectivity index (χ1) is 13.8. The summed E-state index contributed by atoms with van der Waals surface area (Å²) in [5, 5.41) is 23.2. The Hall–Kier alpha value is -3.03. The topological polar surface area (TPSA) is 96.8 Å². The van der Waals surface area contributed by atoms with Gasteiger partial charge in [0.15, 0.2) is 5.82 Å². The highest BCUT2D eigenvalue weighted by molar-refractivity contribution is 6.32. The summed E-state index contributed by atoms with van der Waals surface area (Å²) in [7, 11) is 1.57. The van der Waals surface area contributed by atoms with Gasteiger partial charge in [0.2, 0.25) is 0 Å². The minimum absolute atomic E-state index is 0. The molecule has 0 bridgehead atoms. The predicted octanol–water partition coefficient (Wildman–Crippen LogP) is 4.29. The third kappa shape index (κ3) is 5.52. The van der Waals surface area contributed by atoms with Gasteiger partial charge < -0.3 is 15.8 Å². The highest BCUT2D eigenvalue weighted by Gasteiger charge is 2.11. The second-order valence-corrected chi connectivity index (χ2v) is 7.47. The first-order valence-electron chi connectivity index (χ1n) is 8.89. The molecule has 0 fully saturated rings. The van der Waals surface area contributed by atoms with E-state index in [0.29, 0.717) is 34.4 Å². The molecule has 0 spiro atoms. The third-order valence-corrected chi connectivity index (χ3v) is 4.38. The van der Waals surface area contributed by atoms with Crippen LogP contribution >= 0.6 is 24.0 Å². The number of hydrogen-bond donors (Lipinski definition) is 2. The van der Waals surface area contributed by atoms with E-state index in [1.54, 1.807) is 19.2 Å². The van der Waals surface area contributed by atoms with Crippen LogP contribution in [-0.2, 0) is 6.54 Å². The molecule has 0 unspecified atom stereocenters. The van der Waals surface area contributed by atoms with Gasteiger partial charge in [0.1, 0.15) is 11.4 Å². The zero-order valence-electron chi connectivity index (χ0n) is 16.8. The molecule has 6 nitrogen and oxygen atoms in total. The minimum atomic E-state index is -0.648. The quantitative estimate of drug-likeness (QED) is 0.586. The number of nitrogens with two attached hydrogens (primary N) is 1. The predicted molar refractivity (Wildman–Crippen MR) is 122 cm³/mol. The van der Waals surface area contributed by atoms with Gasteiger partial charge in [-0.1, -0.05) is 29.7 Å². The van der Waals surface area contributed by atoms with Crippen molar-refractivity contribution in [1.29, 1.82) is 5.26 Å². The fourth-order valence-electron chi connectivity index (χ4n) is 2.67. The van der Waals surface area contributed by atoms with Crippen molar-refractivity contribution in [3.8, 4) is 23.7 Å². The van der Waals surface area contributed by atoms with Crippen molar-refractivity contribution in [1.82, 2.24) is 10.2 Å². The SMILES string of the molecule is COc1ccc(CNc2nnc(C#CC(C)(C)N)c3ccc(C#N)cc23)cc1Cl.Cl. The molecule has 0 aliphatic heterocycles. The molecule has 3 aromatic rings. The number of nitrogens with one attached hydrogen (secondary N) is 1. The van der Waals surface area contributed by atoms with Crippen LogP contribution in [0, 0.1) is 23.2 Å². The molecule has 3 N–H and O–H groups in total. The fraction of sp³-hybridized carbons (Fsp3) is 0.227. The smallest absolute Gasteiger partial charge is 0.156 e. The Kier molecular flexibility index (Phi) is 7.48. The maximum Gasteiger partial charge on any atom is 0.156 e. The number of halogens is 2. The zero-order chi connectivity index (χ0) is 21.0. The zero-order valence-corrected chi connectivity index (χ0v) is 18.4. The van der Waals surface area contributed by atoms with Crippen molar-refractivity contribution >= 4 is 40.6 Å². The van der Waals surface area contributed by atoms with Gasteiger partial charge in [-0.15, -0.1) is 22.6 Å². The number of methoxy groups -OCH3 is 1. The van der Waals surface area contributed by atoms with Gasteiger partial charge in [-0.3, -0.25) is 0 Å². The van der Waals surface area contributed by atoms with E-state index in [2.05, 4.69) is 33.4 Å². The maximum absolute atomic E-state index is 9.28. The summed E-state index contributed by atoms with van der Waals surface area (Å²) in [6.45, 7) is 4.11. The van der Waals surface area contributed by atoms with Gasteiger partial charge >= 0.3 is 0 Å². The summed E-state index contributed by atoms with van der Waals surface area (Å²) in [6.07, 6.45) is 0. The summed E-state index contributed by atoms with van der Waals surface area (Å²) in [5.41, 5.74) is 7.30. The van der Waals surface area contributed by atoms with E-state index in [4.69, 9.17) is 22.1 Å². The fourth-order valence-corrected chi connectivity index (χ4v) is 2.95. The van der Waals surface area contributed by atoms with Crippen LogP contribution < -0.4 is 15.8 Å². The van der Waals surface area contributed by atoms with Crippen LogP contribution in [0.15, 0.2) is 36.4 Å². The first kappa shape index (κ1) is 23.3. The molecule has 154 valence electrons. The van der Waals surface area contributed by atoms with E-state index in [-0.39, 0.29) is 12.4 Å². The van der Waals surface area contributed by atoms with Crippen LogP contribution in [0.1, 0.15) is 30.7 Å². The summed E-state index contributed by atoms with van der Waals surface area (Å²) in [5.74, 6) is 7.14. The van der Waals surface area contributed by atoms with Crippen LogP contribution in [0.3, 0.4) is 0 Å². The molecule has 8 heteroatoms. The normalized spacial score (nSPS) is 10.4. The highest BCUT2D eigenvalue weighted by atomic mass is 35.5. The van der Waals surface area contributed by atoms with Gasteiger partial charge in [-0.05, 0) is 49.6 Å². The Morgan fingerprint density at radius 2 is 1.93 bits per heavy atom. The average molecular weight is 442 g/mol. The van der Waals surface area contributed by atoms with E-state index in [9.17, 15) is 5.26 Å². The van der Waals surface area contributed by atoms with Gasteiger partial charge in [0.05, 0.1) is 29.3 Å². The Morgan fingerprint density at radius 1 is 1.17 bits per heavy atom. The monoisotopic (exact) mass is 441 g/mol. The van der Waals surface area contributed by atoms with Gasteiger partial charge in [-0.25, -0.2) is 0 Å². The van der Waals surface area contributed by atoms with E-state index >= 15 is 0 Å². The average Bonchev–Trinajstić information content (AvgIpc) is 2.70. The number of benzene rings is 2. The van der Waals surface area contributed by atoms with Crippen LogP contribution in [0.25, 0.3) is 10.8 Å². The summed E-state index contributed by atoms with van der Waals surface area (Å²) in [6, 6.07) is 13.0. The highest BCUT2D eigenvalue weighted by Crippen LogP contribution is 2.27. The standard InChI is InChI=1S/C22H20ClN5O.ClH/c1-22(2,25)9-8-19-16-6-4-14(12-24)10-17(16)21(28-27-19)26-13-15-5-7-20(29-3)18(23)11-15;/h4-7,10-11H,13,25H2,1-3H3,(H,26,28);1H. The molecule has 0 atom stereocenters. The second-order valence-electron chi connectivity index (χ2n) is 7.06. The molecule has 2 aromatic carbocycles. The van der Waals surface area contributed by atoms with Crippen LogP contribution in [0.5, 0.6) is 5.75 Å². The van der Waals surface area contributed by atoms with Gasteiger partial charge in [0, 0.05) is 17.3 Å². The van der Waals surface area contributed by atoms with E-state index in [1.165, 1.54) is 0 Å². The number of nitriles is 1. The Morgan fingerprint density at radius 3 is 2.57 bits per heavy atom. The third-order valence-electron chi connectivity index (χ3n) is 4.09. The molecule has 0 aliphatic rings. The lowest BCUT2D eigenvalue weighted by Crippen LogP contribution is -2.29. The molecular weight excluding hydrogens is 421 g/mol. The lowest BCUT2D eigenvalue weighted by atomic mass is 10.1. The molecule has 1 aromatic heterocycles. The van der Waals surface area contributed by atoms with Crippen LogP contribution in [0.4, 0.5) is 5.82 Å². The van der Waals surface area contributed by atoms with Crippen molar-refractivity contribution < 1.29 is 4.74 Å². The molecule has 0 amide bonds. The van der Waals surface area contributed by atoms with E-state index in [1.807, 2.05) is 38.1 Å². The number of ether oxygens (including phenoxy) is 1. The molecule has 0 saturated heterocycles. The molecule has 3 rings (SSSR count). The van der Waals surface area contributed by atoms with Crippen LogP contribution in [0.2, 0.25) is 5.02 Å². The van der Waals surface area contributed by atoms with Crippen molar-refractivity contribution in [2.24, 2.45) is 5.73 Å². The molecule has 0 radical (unpaired) electrons. The number of hydrogen-bond acceptors (Lipinski definition) is 6. The van der Waals surface area contributed by atoms with Crippen molar-refractivity contribution in [2.45, 2.75) is 25.9 Å². The summed E-state index contributed by atoms with van der Waals surface area (Å²) in [4.78, 5) is 0. The Labute approximate surface area is 186 Å². The van der Waals surface area contributed by atoms with E-state index < -0.39 is 5.54 Å². The molecule has 1 heterocycles. The molecule has 30 heavy (non-hydrogen) atoms. The number of nitrogens with zero attached hydrogens (tertiary/aromatic N) is 3. The maximum atomic E-state index is 9.28. The lowest BCUT2D eigenvalue weighted by molar-refractivity contribution is 0.415. The van der Waals surface area contributed by atoms with Crippen molar-refractivity contribution in [2.75, 3.05) is 12.4 Å².